The van der Waals surface area contributed by atoms with Crippen molar-refractivity contribution >= 4 is 46.5 Å². The van der Waals surface area contributed by atoms with Gasteiger partial charge >= 0.3 is 0 Å². The zero-order valence-electron chi connectivity index (χ0n) is 18.7. The molecule has 2 atom stereocenters. The standard InChI is InChI=1S/C32H24Cl2/c33-31(27-17-9-7-15-25(27)21-29(31)23-11-3-1-4-12-23)19-20-32(34)28-18-10-8-16-26(28)22-30(32)24-13-5-2-6-14-24/h1-18,21-22H,19-20H2. The average Bonchev–Trinajstić information content (AvgIpc) is 3.36. The van der Waals surface area contributed by atoms with Gasteiger partial charge in [0.2, 0.25) is 0 Å². The van der Waals surface area contributed by atoms with Gasteiger partial charge in [-0.15, -0.1) is 23.2 Å². The number of benzene rings is 4. The Morgan fingerprint density at radius 1 is 0.441 bits per heavy atom. The van der Waals surface area contributed by atoms with Crippen molar-refractivity contribution < 1.29 is 0 Å². The summed E-state index contributed by atoms with van der Waals surface area (Å²) in [6, 6.07) is 37.9. The first-order valence-corrected chi connectivity index (χ1v) is 12.5. The van der Waals surface area contributed by atoms with Crippen LogP contribution in [0.15, 0.2) is 109 Å². The third-order valence-corrected chi connectivity index (χ3v) is 8.40. The second-order valence-corrected chi connectivity index (χ2v) is 10.4. The lowest BCUT2D eigenvalue weighted by atomic mass is 9.80. The molecule has 0 fully saturated rings. The van der Waals surface area contributed by atoms with Gasteiger partial charge in [-0.2, -0.15) is 0 Å². The smallest absolute Gasteiger partial charge is 0.0956 e. The van der Waals surface area contributed by atoms with Gasteiger partial charge in [0.05, 0.1) is 9.75 Å². The molecule has 34 heavy (non-hydrogen) atoms. The van der Waals surface area contributed by atoms with Crippen LogP contribution in [0.5, 0.6) is 0 Å². The normalized spacial score (nSPS) is 22.6. The molecule has 2 aliphatic carbocycles. The zero-order valence-corrected chi connectivity index (χ0v) is 20.2. The van der Waals surface area contributed by atoms with Crippen molar-refractivity contribution in [1.29, 1.82) is 0 Å². The molecule has 0 spiro atoms. The van der Waals surface area contributed by atoms with E-state index in [0.717, 1.165) is 33.4 Å². The summed E-state index contributed by atoms with van der Waals surface area (Å²) >= 11 is 15.2. The lowest BCUT2D eigenvalue weighted by Crippen LogP contribution is -2.25. The van der Waals surface area contributed by atoms with Crippen LogP contribution in [-0.4, -0.2) is 0 Å². The molecule has 0 nitrogen and oxygen atoms in total. The molecule has 6 rings (SSSR count). The van der Waals surface area contributed by atoms with Gasteiger partial charge in [0, 0.05) is 0 Å². The Labute approximate surface area is 211 Å². The Morgan fingerprint density at radius 3 is 1.21 bits per heavy atom. The van der Waals surface area contributed by atoms with Gasteiger partial charge in [0.15, 0.2) is 0 Å². The van der Waals surface area contributed by atoms with Crippen LogP contribution < -0.4 is 0 Å². The van der Waals surface area contributed by atoms with Crippen molar-refractivity contribution in [1.82, 2.24) is 0 Å². The summed E-state index contributed by atoms with van der Waals surface area (Å²) in [4.78, 5) is -1.28. The topological polar surface area (TPSA) is 0 Å². The van der Waals surface area contributed by atoms with Crippen molar-refractivity contribution in [3.05, 3.63) is 143 Å². The largest absolute Gasteiger partial charge is 0.109 e. The Kier molecular flexibility index (Phi) is 5.25. The monoisotopic (exact) mass is 478 g/mol. The van der Waals surface area contributed by atoms with E-state index < -0.39 is 9.75 Å². The SMILES string of the molecule is ClC1(CCC2(Cl)C(c3ccccc3)=Cc3ccccc32)C(c2ccccc2)=Cc2ccccc21. The molecular formula is C32H24Cl2. The lowest BCUT2D eigenvalue weighted by molar-refractivity contribution is 0.582. The Bertz CT molecular complexity index is 1310. The van der Waals surface area contributed by atoms with E-state index in [9.17, 15) is 0 Å². The van der Waals surface area contributed by atoms with Crippen LogP contribution in [0.2, 0.25) is 0 Å². The van der Waals surface area contributed by atoms with Crippen LogP contribution in [0.1, 0.15) is 46.2 Å². The Morgan fingerprint density at radius 2 is 0.794 bits per heavy atom. The predicted octanol–water partition coefficient (Wildman–Crippen LogP) is 9.14. The van der Waals surface area contributed by atoms with Crippen LogP contribution >= 0.6 is 23.2 Å². The first-order valence-electron chi connectivity index (χ1n) is 11.7. The summed E-state index contributed by atoms with van der Waals surface area (Å²) in [6.07, 6.45) is 5.92. The van der Waals surface area contributed by atoms with E-state index in [1.54, 1.807) is 0 Å². The maximum Gasteiger partial charge on any atom is 0.0956 e. The molecular weight excluding hydrogens is 455 g/mol. The first kappa shape index (κ1) is 21.5. The molecule has 4 aromatic carbocycles. The van der Waals surface area contributed by atoms with Crippen molar-refractivity contribution in [2.75, 3.05) is 0 Å². The Hall–Kier alpha value is -3.06. The van der Waals surface area contributed by atoms with E-state index in [0.29, 0.717) is 12.8 Å². The molecule has 0 aromatic heterocycles. The number of allylic oxidation sites excluding steroid dienone is 2. The second kappa shape index (κ2) is 8.31. The van der Waals surface area contributed by atoms with E-state index in [-0.39, 0.29) is 0 Å². The first-order chi connectivity index (χ1) is 16.6. The van der Waals surface area contributed by atoms with Gasteiger partial charge in [-0.25, -0.2) is 0 Å². The second-order valence-electron chi connectivity index (χ2n) is 9.12. The van der Waals surface area contributed by atoms with E-state index in [4.69, 9.17) is 23.2 Å². The van der Waals surface area contributed by atoms with Crippen LogP contribution in [0.3, 0.4) is 0 Å². The number of fused-ring (bicyclic) bond motifs is 2. The minimum Gasteiger partial charge on any atom is -0.109 e. The molecule has 0 amide bonds. The van der Waals surface area contributed by atoms with Crippen molar-refractivity contribution in [3.63, 3.8) is 0 Å². The van der Waals surface area contributed by atoms with Crippen LogP contribution in [0.25, 0.3) is 23.3 Å². The van der Waals surface area contributed by atoms with Gasteiger partial charge < -0.3 is 0 Å². The molecule has 166 valence electrons. The fourth-order valence-electron chi connectivity index (χ4n) is 5.54. The molecule has 0 bridgehead atoms. The van der Waals surface area contributed by atoms with Gasteiger partial charge in [-0.05, 0) is 69.5 Å². The maximum atomic E-state index is 7.62. The van der Waals surface area contributed by atoms with Gasteiger partial charge in [0.25, 0.3) is 0 Å². The van der Waals surface area contributed by atoms with Crippen molar-refractivity contribution in [2.24, 2.45) is 0 Å². The van der Waals surface area contributed by atoms with Gasteiger partial charge in [0.1, 0.15) is 0 Å². The van der Waals surface area contributed by atoms with Crippen molar-refractivity contribution in [3.8, 4) is 0 Å². The molecule has 0 N–H and O–H groups in total. The minimum atomic E-state index is -0.640. The number of rotatable bonds is 5. The third kappa shape index (κ3) is 3.36. The molecule has 2 heteroatoms. The maximum absolute atomic E-state index is 7.62. The molecule has 0 heterocycles. The average molecular weight is 479 g/mol. The highest BCUT2D eigenvalue weighted by Crippen LogP contribution is 2.58. The van der Waals surface area contributed by atoms with E-state index >= 15 is 0 Å². The third-order valence-electron chi connectivity index (χ3n) is 7.21. The molecule has 2 aliphatic rings. The van der Waals surface area contributed by atoms with Gasteiger partial charge in [-0.3, -0.25) is 0 Å². The summed E-state index contributed by atoms with van der Waals surface area (Å²) < 4.78 is 0. The van der Waals surface area contributed by atoms with Crippen LogP contribution in [0, 0.1) is 0 Å². The van der Waals surface area contributed by atoms with Crippen molar-refractivity contribution in [2.45, 2.75) is 22.6 Å². The quantitative estimate of drug-likeness (QED) is 0.250. The molecule has 0 aliphatic heterocycles. The lowest BCUT2D eigenvalue weighted by Gasteiger charge is -2.34. The van der Waals surface area contributed by atoms with Crippen LogP contribution in [-0.2, 0) is 9.75 Å². The molecule has 4 aromatic rings. The molecule has 0 radical (unpaired) electrons. The number of hydrogen-bond acceptors (Lipinski definition) is 0. The summed E-state index contributed by atoms with van der Waals surface area (Å²) in [7, 11) is 0. The molecule has 0 saturated heterocycles. The van der Waals surface area contributed by atoms with E-state index in [1.807, 2.05) is 12.1 Å². The highest BCUT2D eigenvalue weighted by molar-refractivity contribution is 6.34. The molecule has 2 unspecified atom stereocenters. The van der Waals surface area contributed by atoms with E-state index in [1.165, 1.54) is 11.1 Å². The highest BCUT2D eigenvalue weighted by Gasteiger charge is 2.46. The zero-order chi connectivity index (χ0) is 23.2. The summed E-state index contributed by atoms with van der Waals surface area (Å²) in [5.41, 5.74) is 9.29. The predicted molar refractivity (Wildman–Crippen MR) is 146 cm³/mol. The fraction of sp³-hybridized carbons (Fsp3) is 0.125. The summed E-state index contributed by atoms with van der Waals surface area (Å²) in [5.74, 6) is 0. The highest BCUT2D eigenvalue weighted by atomic mass is 35.5. The minimum absolute atomic E-state index is 0.640. The Balaban J connectivity index is 1.42. The fourth-order valence-corrected chi connectivity index (χ4v) is 6.40. The molecule has 0 saturated carbocycles. The number of hydrogen-bond donors (Lipinski definition) is 0. The van der Waals surface area contributed by atoms with Gasteiger partial charge in [-0.1, -0.05) is 109 Å². The summed E-state index contributed by atoms with van der Waals surface area (Å²) in [6.45, 7) is 0. The summed E-state index contributed by atoms with van der Waals surface area (Å²) in [5, 5.41) is 0. The number of halogens is 2. The number of alkyl halides is 2. The van der Waals surface area contributed by atoms with Crippen LogP contribution in [0.4, 0.5) is 0 Å². The van der Waals surface area contributed by atoms with E-state index in [2.05, 4.69) is 109 Å².